The van der Waals surface area contributed by atoms with Crippen molar-refractivity contribution in [2.75, 3.05) is 0 Å². The summed E-state index contributed by atoms with van der Waals surface area (Å²) in [7, 11) is 3.68. The van der Waals surface area contributed by atoms with Crippen LogP contribution >= 0.6 is 0 Å². The second-order valence-electron chi connectivity index (χ2n) is 2.62. The maximum absolute atomic E-state index is 10.2. The van der Waals surface area contributed by atoms with E-state index in [9.17, 15) is 4.79 Å². The molecule has 0 aliphatic heterocycles. The zero-order valence-corrected chi connectivity index (χ0v) is 6.73. The molecule has 3 nitrogen and oxygen atoms in total. The van der Waals surface area contributed by atoms with E-state index in [1.165, 1.54) is 0 Å². The molecule has 3 heteroatoms. The highest BCUT2D eigenvalue weighted by Gasteiger charge is 2.01. The van der Waals surface area contributed by atoms with Crippen molar-refractivity contribution < 1.29 is 14.5 Å². The van der Waals surface area contributed by atoms with Crippen molar-refractivity contribution in [3.05, 3.63) is 37.1 Å². The van der Waals surface area contributed by atoms with Gasteiger partial charge in [-0.05, 0) is 12.5 Å². The van der Waals surface area contributed by atoms with Crippen LogP contribution in [0.4, 0.5) is 0 Å². The Morgan fingerprint density at radius 3 is 3.00 bits per heavy atom. The van der Waals surface area contributed by atoms with Crippen LogP contribution in [0.5, 0.6) is 0 Å². The van der Waals surface area contributed by atoms with Gasteiger partial charge in [0.2, 0.25) is 7.05 Å². The Hall–Kier alpha value is -1.38. The first-order valence-electron chi connectivity index (χ1n) is 3.71. The number of aryl methyl sites for hydroxylation is 1. The molecule has 0 aliphatic carbocycles. The van der Waals surface area contributed by atoms with Gasteiger partial charge in [0.05, 0.1) is 0 Å². The van der Waals surface area contributed by atoms with Crippen LogP contribution in [0.3, 0.4) is 0 Å². The molecule has 1 rings (SSSR count). The summed E-state index contributed by atoms with van der Waals surface area (Å²) in [5, 5.41) is 8.42. The van der Waals surface area contributed by atoms with Crippen molar-refractivity contribution in [1.82, 2.24) is 0 Å². The third-order valence-electron chi connectivity index (χ3n) is 1.55. The number of hydrogen-bond donors (Lipinski definition) is 1. The van der Waals surface area contributed by atoms with Crippen LogP contribution in [-0.4, -0.2) is 11.1 Å². The van der Waals surface area contributed by atoms with Gasteiger partial charge in [-0.15, -0.1) is 0 Å². The van der Waals surface area contributed by atoms with Gasteiger partial charge in [-0.25, -0.2) is 0 Å². The summed E-state index contributed by atoms with van der Waals surface area (Å²) >= 11 is 0. The van der Waals surface area contributed by atoms with Gasteiger partial charge in [0.1, 0.15) is 0 Å². The topological polar surface area (TPSA) is 41.2 Å². The summed E-state index contributed by atoms with van der Waals surface area (Å²) in [4.78, 5) is 10.2. The highest BCUT2D eigenvalue weighted by molar-refractivity contribution is 5.67. The first-order valence-corrected chi connectivity index (χ1v) is 3.71. The van der Waals surface area contributed by atoms with Crippen molar-refractivity contribution in [2.24, 2.45) is 0 Å². The Labute approximate surface area is 71.3 Å². The molecule has 0 unspecified atom stereocenters. The van der Waals surface area contributed by atoms with E-state index < -0.39 is 5.97 Å². The molecule has 0 aromatic carbocycles. The molecule has 0 saturated heterocycles. The van der Waals surface area contributed by atoms with Crippen LogP contribution in [0.2, 0.25) is 0 Å². The number of carboxylic acid groups (broad SMARTS) is 1. The lowest BCUT2D eigenvalue weighted by Crippen LogP contribution is -2.24. The van der Waals surface area contributed by atoms with E-state index in [0.717, 1.165) is 5.56 Å². The minimum atomic E-state index is -0.769. The molecular formula is C9H11NO2+. The van der Waals surface area contributed by atoms with E-state index >= 15 is 0 Å². The molecule has 1 radical (unpaired) electrons. The third kappa shape index (κ3) is 2.70. The summed E-state index contributed by atoms with van der Waals surface area (Å²) in [6.45, 7) is 0. The molecule has 63 valence electrons. The van der Waals surface area contributed by atoms with E-state index in [1.54, 1.807) is 4.57 Å². The van der Waals surface area contributed by atoms with Crippen LogP contribution in [-0.2, 0) is 11.2 Å². The average molecular weight is 165 g/mol. The quantitative estimate of drug-likeness (QED) is 0.667. The van der Waals surface area contributed by atoms with Gasteiger partial charge in [-0.3, -0.25) is 4.79 Å². The number of rotatable bonds is 3. The SMILES string of the molecule is [CH2][n+]1cccc(CCC(=O)O)c1. The molecule has 1 heterocycles. The van der Waals surface area contributed by atoms with Gasteiger partial charge < -0.3 is 5.11 Å². The fourth-order valence-electron chi connectivity index (χ4n) is 0.975. The van der Waals surface area contributed by atoms with Crippen molar-refractivity contribution in [3.63, 3.8) is 0 Å². The molecule has 0 atom stereocenters. The number of aliphatic carboxylic acids is 1. The molecular weight excluding hydrogens is 154 g/mol. The van der Waals surface area contributed by atoms with Gasteiger partial charge in [-0.1, -0.05) is 0 Å². The molecule has 1 N–H and O–H groups in total. The summed E-state index contributed by atoms with van der Waals surface area (Å²) in [5.41, 5.74) is 0.995. The Kier molecular flexibility index (Phi) is 2.80. The standard InChI is InChI=1S/C9H11NO2/c1-10-6-2-3-8(7-10)4-5-9(11)12/h2-3,6-7H,1,4-5H2,(H,11,12)/q+1. The summed E-state index contributed by atoms with van der Waals surface area (Å²) in [5.74, 6) is -0.769. The number of aromatic nitrogens is 1. The Morgan fingerprint density at radius 2 is 2.42 bits per heavy atom. The van der Waals surface area contributed by atoms with Crippen LogP contribution in [0, 0.1) is 7.05 Å². The van der Waals surface area contributed by atoms with Gasteiger partial charge in [0.25, 0.3) is 0 Å². The van der Waals surface area contributed by atoms with E-state index in [1.807, 2.05) is 24.5 Å². The van der Waals surface area contributed by atoms with Gasteiger partial charge in [0, 0.05) is 18.1 Å². The molecule has 0 spiro atoms. The molecule has 0 fully saturated rings. The maximum Gasteiger partial charge on any atom is 0.303 e. The number of pyridine rings is 1. The average Bonchev–Trinajstić information content (AvgIpc) is 2.01. The molecule has 0 bridgehead atoms. The van der Waals surface area contributed by atoms with E-state index in [2.05, 4.69) is 7.05 Å². The first-order chi connectivity index (χ1) is 5.68. The number of carboxylic acids is 1. The fourth-order valence-corrected chi connectivity index (χ4v) is 0.975. The monoisotopic (exact) mass is 165 g/mol. The number of hydrogen-bond acceptors (Lipinski definition) is 1. The highest BCUT2D eigenvalue weighted by Crippen LogP contribution is 1.98. The molecule has 12 heavy (non-hydrogen) atoms. The summed E-state index contributed by atoms with van der Waals surface area (Å²) in [6, 6.07) is 3.74. The summed E-state index contributed by atoms with van der Waals surface area (Å²) < 4.78 is 1.66. The molecule has 1 aromatic rings. The van der Waals surface area contributed by atoms with E-state index in [4.69, 9.17) is 5.11 Å². The lowest BCUT2D eigenvalue weighted by atomic mass is 10.1. The molecule has 0 amide bonds. The van der Waals surface area contributed by atoms with Crippen LogP contribution in [0.25, 0.3) is 0 Å². The highest BCUT2D eigenvalue weighted by atomic mass is 16.4. The Balaban J connectivity index is 2.57. The number of carbonyl (C=O) groups is 1. The van der Waals surface area contributed by atoms with Gasteiger partial charge in [0.15, 0.2) is 12.4 Å². The predicted molar refractivity (Wildman–Crippen MR) is 43.3 cm³/mol. The third-order valence-corrected chi connectivity index (χ3v) is 1.55. The minimum absolute atomic E-state index is 0.171. The predicted octanol–water partition coefficient (Wildman–Crippen LogP) is 0.631. The van der Waals surface area contributed by atoms with Gasteiger partial charge in [-0.2, -0.15) is 4.57 Å². The van der Waals surface area contributed by atoms with Crippen molar-refractivity contribution in [3.8, 4) is 0 Å². The van der Waals surface area contributed by atoms with Crippen molar-refractivity contribution in [1.29, 1.82) is 0 Å². The lowest BCUT2D eigenvalue weighted by molar-refractivity contribution is -0.612. The molecule has 0 aliphatic rings. The van der Waals surface area contributed by atoms with E-state index in [0.29, 0.717) is 6.42 Å². The minimum Gasteiger partial charge on any atom is -0.481 e. The maximum atomic E-state index is 10.2. The van der Waals surface area contributed by atoms with E-state index in [-0.39, 0.29) is 6.42 Å². The molecule has 0 saturated carbocycles. The molecule has 1 aromatic heterocycles. The summed E-state index contributed by atoms with van der Waals surface area (Å²) in [6.07, 6.45) is 4.36. The largest absolute Gasteiger partial charge is 0.481 e. The van der Waals surface area contributed by atoms with Crippen LogP contribution in [0.1, 0.15) is 12.0 Å². The van der Waals surface area contributed by atoms with Crippen LogP contribution < -0.4 is 4.57 Å². The van der Waals surface area contributed by atoms with Gasteiger partial charge >= 0.3 is 5.97 Å². The normalized spacial score (nSPS) is 9.75. The smallest absolute Gasteiger partial charge is 0.303 e. The fraction of sp³-hybridized carbons (Fsp3) is 0.222. The van der Waals surface area contributed by atoms with Crippen molar-refractivity contribution in [2.45, 2.75) is 12.8 Å². The zero-order valence-electron chi connectivity index (χ0n) is 6.73. The van der Waals surface area contributed by atoms with Crippen molar-refractivity contribution >= 4 is 5.97 Å². The second kappa shape index (κ2) is 3.85. The second-order valence-corrected chi connectivity index (χ2v) is 2.62. The number of nitrogens with zero attached hydrogens (tertiary/aromatic N) is 1. The first kappa shape index (κ1) is 8.71. The lowest BCUT2D eigenvalue weighted by Gasteiger charge is -1.94. The Bertz CT molecular complexity index is 284. The Morgan fingerprint density at radius 1 is 1.67 bits per heavy atom. The zero-order chi connectivity index (χ0) is 8.97. The van der Waals surface area contributed by atoms with Crippen LogP contribution in [0.15, 0.2) is 24.5 Å².